The predicted molar refractivity (Wildman–Crippen MR) is 118 cm³/mol. The van der Waals surface area contributed by atoms with Gasteiger partial charge >= 0.3 is 0 Å². The van der Waals surface area contributed by atoms with Gasteiger partial charge in [-0.3, -0.25) is 9.59 Å². The fourth-order valence-corrected chi connectivity index (χ4v) is 3.47. The van der Waals surface area contributed by atoms with Crippen molar-refractivity contribution in [2.75, 3.05) is 26.9 Å². The quantitative estimate of drug-likeness (QED) is 0.573. The van der Waals surface area contributed by atoms with Crippen molar-refractivity contribution in [2.45, 2.75) is 25.9 Å². The molecular formula is C24H25NO7. The van der Waals surface area contributed by atoms with Crippen LogP contribution in [0.25, 0.3) is 11.0 Å². The molecule has 32 heavy (non-hydrogen) atoms. The molecule has 2 aromatic carbocycles. The van der Waals surface area contributed by atoms with Crippen LogP contribution in [0.4, 0.5) is 0 Å². The highest BCUT2D eigenvalue weighted by atomic mass is 16.5. The van der Waals surface area contributed by atoms with Crippen LogP contribution in [0.15, 0.2) is 51.7 Å². The number of ether oxygens (including phenoxy) is 4. The van der Waals surface area contributed by atoms with Gasteiger partial charge in [0, 0.05) is 19.2 Å². The average Bonchev–Trinajstić information content (AvgIpc) is 3.33. The summed E-state index contributed by atoms with van der Waals surface area (Å²) in [5, 5.41) is 3.16. The zero-order chi connectivity index (χ0) is 22.5. The van der Waals surface area contributed by atoms with Gasteiger partial charge in [-0.2, -0.15) is 0 Å². The molecular weight excluding hydrogens is 414 g/mol. The lowest BCUT2D eigenvalue weighted by Gasteiger charge is -2.12. The largest absolute Gasteiger partial charge is 0.497 e. The highest BCUT2D eigenvalue weighted by Gasteiger charge is 2.17. The summed E-state index contributed by atoms with van der Waals surface area (Å²) >= 11 is 0. The van der Waals surface area contributed by atoms with Gasteiger partial charge in [-0.1, -0.05) is 0 Å². The number of carbonyl (C=O) groups is 1. The molecule has 8 heteroatoms. The van der Waals surface area contributed by atoms with Crippen molar-refractivity contribution in [2.24, 2.45) is 0 Å². The van der Waals surface area contributed by atoms with Crippen LogP contribution in [0.5, 0.6) is 23.0 Å². The second kappa shape index (κ2) is 9.74. The first kappa shape index (κ1) is 21.7. The summed E-state index contributed by atoms with van der Waals surface area (Å²) in [6.07, 6.45) is 2.05. The Balaban J connectivity index is 1.44. The van der Waals surface area contributed by atoms with Crippen molar-refractivity contribution in [3.05, 3.63) is 58.4 Å². The van der Waals surface area contributed by atoms with Crippen LogP contribution in [0.1, 0.15) is 18.6 Å². The summed E-state index contributed by atoms with van der Waals surface area (Å²) in [6, 6.07) is 11.7. The third-order valence-electron chi connectivity index (χ3n) is 5.19. The molecule has 1 N–H and O–H groups in total. The van der Waals surface area contributed by atoms with E-state index in [1.165, 1.54) is 0 Å². The van der Waals surface area contributed by atoms with E-state index >= 15 is 0 Å². The minimum atomic E-state index is -0.291. The SMILES string of the molecule is COc1ccc(Oc2c(C)oc3cc(OCC(=O)NCC4CCCO4)ccc3c2=O)cc1. The van der Waals surface area contributed by atoms with E-state index in [0.29, 0.717) is 40.5 Å². The molecule has 0 aliphatic carbocycles. The predicted octanol–water partition coefficient (Wildman–Crippen LogP) is 3.58. The van der Waals surface area contributed by atoms with Crippen LogP contribution < -0.4 is 25.0 Å². The van der Waals surface area contributed by atoms with Crippen LogP contribution in [-0.2, 0) is 9.53 Å². The Morgan fingerprint density at radius 2 is 1.88 bits per heavy atom. The Kier molecular flexibility index (Phi) is 6.61. The lowest BCUT2D eigenvalue weighted by molar-refractivity contribution is -0.123. The number of carbonyl (C=O) groups excluding carboxylic acids is 1. The number of aryl methyl sites for hydroxylation is 1. The molecule has 4 rings (SSSR count). The van der Waals surface area contributed by atoms with E-state index in [1.54, 1.807) is 56.5 Å². The summed E-state index contributed by atoms with van der Waals surface area (Å²) in [4.78, 5) is 25.0. The first-order valence-electron chi connectivity index (χ1n) is 10.4. The Bertz CT molecular complexity index is 1150. The van der Waals surface area contributed by atoms with Crippen molar-refractivity contribution in [1.29, 1.82) is 0 Å². The van der Waals surface area contributed by atoms with Gasteiger partial charge in [0.2, 0.25) is 11.2 Å². The zero-order valence-electron chi connectivity index (χ0n) is 18.0. The summed E-state index contributed by atoms with van der Waals surface area (Å²) in [6.45, 7) is 2.74. The number of hydrogen-bond donors (Lipinski definition) is 1. The Hall–Kier alpha value is -3.52. The second-order valence-corrected chi connectivity index (χ2v) is 7.48. The maximum absolute atomic E-state index is 12.9. The molecule has 0 bridgehead atoms. The lowest BCUT2D eigenvalue weighted by atomic mass is 10.2. The third kappa shape index (κ3) is 5.03. The van der Waals surface area contributed by atoms with Gasteiger partial charge in [0.05, 0.1) is 18.6 Å². The minimum absolute atomic E-state index is 0.0752. The van der Waals surface area contributed by atoms with Gasteiger partial charge in [-0.05, 0) is 56.2 Å². The van der Waals surface area contributed by atoms with E-state index in [-0.39, 0.29) is 29.8 Å². The Morgan fingerprint density at radius 1 is 1.12 bits per heavy atom. The average molecular weight is 439 g/mol. The molecule has 0 radical (unpaired) electrons. The van der Waals surface area contributed by atoms with Gasteiger partial charge in [-0.25, -0.2) is 0 Å². The number of nitrogens with one attached hydrogen (secondary N) is 1. The fourth-order valence-electron chi connectivity index (χ4n) is 3.47. The maximum atomic E-state index is 12.9. The fraction of sp³-hybridized carbons (Fsp3) is 0.333. The smallest absolute Gasteiger partial charge is 0.258 e. The number of amides is 1. The van der Waals surface area contributed by atoms with E-state index < -0.39 is 0 Å². The van der Waals surface area contributed by atoms with E-state index in [4.69, 9.17) is 23.4 Å². The van der Waals surface area contributed by atoms with Crippen LogP contribution in [-0.4, -0.2) is 38.9 Å². The summed E-state index contributed by atoms with van der Waals surface area (Å²) in [7, 11) is 1.58. The molecule has 3 aromatic rings. The third-order valence-corrected chi connectivity index (χ3v) is 5.19. The molecule has 1 saturated heterocycles. The standard InChI is InChI=1S/C24H25NO7/c1-15-24(32-17-7-5-16(28-2)6-8-17)23(27)20-10-9-18(12-21(20)31-15)30-14-22(26)25-13-19-4-3-11-29-19/h5-10,12,19H,3-4,11,13-14H2,1-2H3,(H,25,26). The molecule has 168 valence electrons. The van der Waals surface area contributed by atoms with Crippen LogP contribution in [0, 0.1) is 6.92 Å². The topological polar surface area (TPSA) is 96.2 Å². The second-order valence-electron chi connectivity index (χ2n) is 7.48. The number of benzene rings is 2. The summed E-state index contributed by atoms with van der Waals surface area (Å²) in [5.41, 5.74) is 0.0623. The van der Waals surface area contributed by atoms with E-state index in [1.807, 2.05) is 0 Å². The van der Waals surface area contributed by atoms with Crippen LogP contribution in [0.3, 0.4) is 0 Å². The zero-order valence-corrected chi connectivity index (χ0v) is 18.0. The van der Waals surface area contributed by atoms with Crippen LogP contribution in [0.2, 0.25) is 0 Å². The van der Waals surface area contributed by atoms with E-state index in [9.17, 15) is 9.59 Å². The monoisotopic (exact) mass is 439 g/mol. The molecule has 8 nitrogen and oxygen atoms in total. The molecule has 0 spiro atoms. The molecule has 1 atom stereocenters. The number of fused-ring (bicyclic) bond motifs is 1. The maximum Gasteiger partial charge on any atom is 0.258 e. The molecule has 1 amide bonds. The van der Waals surface area contributed by atoms with Crippen LogP contribution >= 0.6 is 0 Å². The minimum Gasteiger partial charge on any atom is -0.497 e. The molecule has 1 fully saturated rings. The molecule has 1 aliphatic heterocycles. The first-order chi connectivity index (χ1) is 15.5. The molecule has 1 unspecified atom stereocenters. The van der Waals surface area contributed by atoms with Crippen molar-refractivity contribution < 1.29 is 28.2 Å². The summed E-state index contributed by atoms with van der Waals surface area (Å²) < 4.78 is 27.7. The Labute approximate surface area is 185 Å². The highest BCUT2D eigenvalue weighted by Crippen LogP contribution is 2.28. The highest BCUT2D eigenvalue weighted by molar-refractivity contribution is 5.80. The van der Waals surface area contributed by atoms with Crippen molar-refractivity contribution in [1.82, 2.24) is 5.32 Å². The van der Waals surface area contributed by atoms with Crippen molar-refractivity contribution in [3.8, 4) is 23.0 Å². The first-order valence-corrected chi connectivity index (χ1v) is 10.4. The van der Waals surface area contributed by atoms with Gasteiger partial charge in [0.15, 0.2) is 6.61 Å². The normalized spacial score (nSPS) is 15.5. The van der Waals surface area contributed by atoms with Gasteiger partial charge in [-0.15, -0.1) is 0 Å². The number of hydrogen-bond acceptors (Lipinski definition) is 7. The lowest BCUT2D eigenvalue weighted by Crippen LogP contribution is -2.35. The van der Waals surface area contributed by atoms with Crippen molar-refractivity contribution in [3.63, 3.8) is 0 Å². The molecule has 1 aromatic heterocycles. The molecule has 0 saturated carbocycles. The van der Waals surface area contributed by atoms with Gasteiger partial charge in [0.1, 0.15) is 28.6 Å². The summed E-state index contributed by atoms with van der Waals surface area (Å²) in [5.74, 6) is 1.83. The van der Waals surface area contributed by atoms with Gasteiger partial charge < -0.3 is 28.7 Å². The Morgan fingerprint density at radius 3 is 2.59 bits per heavy atom. The number of methoxy groups -OCH3 is 1. The molecule has 2 heterocycles. The van der Waals surface area contributed by atoms with E-state index in [2.05, 4.69) is 5.32 Å². The van der Waals surface area contributed by atoms with Crippen molar-refractivity contribution >= 4 is 16.9 Å². The molecule has 1 aliphatic rings. The van der Waals surface area contributed by atoms with E-state index in [0.717, 1.165) is 19.4 Å². The number of rotatable bonds is 8. The van der Waals surface area contributed by atoms with Gasteiger partial charge in [0.25, 0.3) is 5.91 Å².